The molecular formula is C25H27NO2. The minimum atomic E-state index is -0.145. The molecule has 3 heteroatoms. The molecule has 0 radical (unpaired) electrons. The van der Waals surface area contributed by atoms with E-state index in [0.29, 0.717) is 12.8 Å². The van der Waals surface area contributed by atoms with Gasteiger partial charge in [0.15, 0.2) is 5.78 Å². The molecule has 0 spiro atoms. The largest absolute Gasteiger partial charge is 0.294 e. The monoisotopic (exact) mass is 373 g/mol. The number of carbonyl (C=O) groups is 2. The van der Waals surface area contributed by atoms with E-state index in [9.17, 15) is 9.59 Å². The van der Waals surface area contributed by atoms with Gasteiger partial charge in [-0.05, 0) is 35.4 Å². The maximum Gasteiger partial charge on any atom is 0.232 e. The molecule has 1 heterocycles. The van der Waals surface area contributed by atoms with Crippen molar-refractivity contribution in [3.63, 3.8) is 0 Å². The maximum absolute atomic E-state index is 13.4. The number of hydrogen-bond acceptors (Lipinski definition) is 2. The molecule has 0 aromatic heterocycles. The van der Waals surface area contributed by atoms with Crippen LogP contribution in [0.25, 0.3) is 0 Å². The van der Waals surface area contributed by atoms with Crippen LogP contribution in [0.2, 0.25) is 0 Å². The van der Waals surface area contributed by atoms with Crippen LogP contribution in [0.4, 0.5) is 5.69 Å². The number of para-hydroxylation sites is 1. The van der Waals surface area contributed by atoms with Gasteiger partial charge in [0.05, 0.1) is 5.69 Å². The summed E-state index contributed by atoms with van der Waals surface area (Å²) in [5, 5.41) is 0. The number of ketones is 1. The highest BCUT2D eigenvalue weighted by atomic mass is 16.2. The molecule has 4 rings (SSSR count). The molecule has 144 valence electrons. The first-order valence-electron chi connectivity index (χ1n) is 10.1. The van der Waals surface area contributed by atoms with Gasteiger partial charge in [-0.25, -0.2) is 0 Å². The zero-order valence-electron chi connectivity index (χ0n) is 16.9. The minimum absolute atomic E-state index is 0.0824. The Morgan fingerprint density at radius 1 is 0.964 bits per heavy atom. The molecule has 2 aliphatic rings. The molecule has 1 aliphatic heterocycles. The molecule has 0 fully saturated rings. The van der Waals surface area contributed by atoms with E-state index in [1.165, 1.54) is 0 Å². The van der Waals surface area contributed by atoms with Crippen LogP contribution >= 0.6 is 0 Å². The normalized spacial score (nSPS) is 21.7. The van der Waals surface area contributed by atoms with E-state index in [1.54, 1.807) is 0 Å². The van der Waals surface area contributed by atoms with Crippen molar-refractivity contribution in [3.8, 4) is 0 Å². The highest BCUT2D eigenvalue weighted by molar-refractivity contribution is 6.08. The lowest BCUT2D eigenvalue weighted by molar-refractivity contribution is -0.121. The number of hydrogen-bond donors (Lipinski definition) is 0. The lowest BCUT2D eigenvalue weighted by Crippen LogP contribution is -2.44. The number of amides is 1. The second-order valence-electron chi connectivity index (χ2n) is 8.68. The number of anilines is 1. The van der Waals surface area contributed by atoms with Crippen molar-refractivity contribution in [2.75, 3.05) is 4.90 Å². The van der Waals surface area contributed by atoms with Gasteiger partial charge in [-0.3, -0.25) is 14.5 Å². The number of nitrogens with zero attached hydrogens (tertiary/aromatic N) is 1. The van der Waals surface area contributed by atoms with Gasteiger partial charge in [0.2, 0.25) is 5.91 Å². The highest BCUT2D eigenvalue weighted by Crippen LogP contribution is 2.48. The Balaban J connectivity index is 1.92. The summed E-state index contributed by atoms with van der Waals surface area (Å²) < 4.78 is 0. The Labute approximate surface area is 167 Å². The maximum atomic E-state index is 13.4. The summed E-state index contributed by atoms with van der Waals surface area (Å²) in [6.45, 7) is 6.34. The Morgan fingerprint density at radius 3 is 2.36 bits per heavy atom. The Kier molecular flexibility index (Phi) is 4.70. The average Bonchev–Trinajstić information content (AvgIpc) is 2.67. The first kappa shape index (κ1) is 18.7. The van der Waals surface area contributed by atoms with Crippen LogP contribution in [0.1, 0.15) is 57.1 Å². The zero-order chi connectivity index (χ0) is 19.9. The third-order valence-corrected chi connectivity index (χ3v) is 5.96. The number of rotatable bonds is 3. The van der Waals surface area contributed by atoms with E-state index in [1.807, 2.05) is 53.4 Å². The van der Waals surface area contributed by atoms with Crippen LogP contribution in [-0.2, 0) is 16.0 Å². The number of carbonyl (C=O) groups excluding carboxylic acids is 2. The van der Waals surface area contributed by atoms with Crippen LogP contribution in [0.15, 0.2) is 65.9 Å². The predicted octanol–water partition coefficient (Wildman–Crippen LogP) is 5.41. The van der Waals surface area contributed by atoms with E-state index in [-0.39, 0.29) is 23.0 Å². The van der Waals surface area contributed by atoms with E-state index in [0.717, 1.165) is 40.9 Å². The van der Waals surface area contributed by atoms with Crippen molar-refractivity contribution in [3.05, 3.63) is 77.0 Å². The van der Waals surface area contributed by atoms with Gasteiger partial charge >= 0.3 is 0 Å². The summed E-state index contributed by atoms with van der Waals surface area (Å²) in [4.78, 5) is 28.5. The van der Waals surface area contributed by atoms with E-state index < -0.39 is 0 Å². The van der Waals surface area contributed by atoms with Crippen molar-refractivity contribution in [2.24, 2.45) is 5.41 Å². The van der Waals surface area contributed by atoms with E-state index >= 15 is 0 Å². The van der Waals surface area contributed by atoms with Crippen molar-refractivity contribution in [2.45, 2.75) is 52.4 Å². The summed E-state index contributed by atoms with van der Waals surface area (Å²) in [5.41, 5.74) is 4.73. The Hall–Kier alpha value is -2.68. The van der Waals surface area contributed by atoms with Gasteiger partial charge < -0.3 is 0 Å². The third-order valence-electron chi connectivity index (χ3n) is 5.96. The van der Waals surface area contributed by atoms with Gasteiger partial charge in [0.25, 0.3) is 0 Å². The first-order valence-corrected chi connectivity index (χ1v) is 10.1. The number of benzene rings is 2. The van der Waals surface area contributed by atoms with Crippen LogP contribution in [0, 0.1) is 5.41 Å². The lowest BCUT2D eigenvalue weighted by Gasteiger charge is -2.43. The predicted molar refractivity (Wildman–Crippen MR) is 112 cm³/mol. The standard InChI is InChI=1S/C25H27NO2/c1-4-17-10-8-9-13-20(17)26-21-15-25(2,3)16-22(27)24(21)19(14-23(26)28)18-11-6-5-7-12-18/h5-13,19H,4,14-16H2,1-3H3. The summed E-state index contributed by atoms with van der Waals surface area (Å²) in [6.07, 6.45) is 2.46. The van der Waals surface area contributed by atoms with Crippen LogP contribution in [0.3, 0.4) is 0 Å². The fourth-order valence-electron chi connectivity index (χ4n) is 4.69. The van der Waals surface area contributed by atoms with Gasteiger partial charge in [0, 0.05) is 30.0 Å². The average molecular weight is 373 g/mol. The number of allylic oxidation sites excluding steroid dienone is 2. The fraction of sp³-hybridized carbons (Fsp3) is 0.360. The molecule has 0 saturated carbocycles. The number of aryl methyl sites for hydroxylation is 1. The second-order valence-corrected chi connectivity index (χ2v) is 8.68. The van der Waals surface area contributed by atoms with Gasteiger partial charge in [-0.1, -0.05) is 69.3 Å². The molecule has 1 unspecified atom stereocenters. The molecule has 0 N–H and O–H groups in total. The van der Waals surface area contributed by atoms with Gasteiger partial charge in [0.1, 0.15) is 0 Å². The zero-order valence-corrected chi connectivity index (χ0v) is 16.9. The smallest absolute Gasteiger partial charge is 0.232 e. The van der Waals surface area contributed by atoms with E-state index in [4.69, 9.17) is 0 Å². The fourth-order valence-corrected chi connectivity index (χ4v) is 4.69. The van der Waals surface area contributed by atoms with Gasteiger partial charge in [-0.2, -0.15) is 0 Å². The summed E-state index contributed by atoms with van der Waals surface area (Å²) in [5.74, 6) is 0.128. The molecular weight excluding hydrogens is 346 g/mol. The second kappa shape index (κ2) is 7.05. The lowest BCUT2D eigenvalue weighted by atomic mass is 9.69. The molecule has 3 nitrogen and oxygen atoms in total. The summed E-state index contributed by atoms with van der Waals surface area (Å²) >= 11 is 0. The summed E-state index contributed by atoms with van der Waals surface area (Å²) in [7, 11) is 0. The molecule has 1 atom stereocenters. The molecule has 2 aromatic carbocycles. The minimum Gasteiger partial charge on any atom is -0.294 e. The van der Waals surface area contributed by atoms with E-state index in [2.05, 4.69) is 26.8 Å². The van der Waals surface area contributed by atoms with Crippen molar-refractivity contribution >= 4 is 17.4 Å². The van der Waals surface area contributed by atoms with Gasteiger partial charge in [-0.15, -0.1) is 0 Å². The van der Waals surface area contributed by atoms with Crippen LogP contribution in [-0.4, -0.2) is 11.7 Å². The number of Topliss-reactive ketones (excluding diaryl/α,β-unsaturated/α-hetero) is 1. The van der Waals surface area contributed by atoms with Crippen LogP contribution in [0.5, 0.6) is 0 Å². The molecule has 0 bridgehead atoms. The first-order chi connectivity index (χ1) is 13.4. The SMILES string of the molecule is CCc1ccccc1N1C(=O)CC(c2ccccc2)C2=C1CC(C)(C)CC2=O. The van der Waals surface area contributed by atoms with Crippen molar-refractivity contribution < 1.29 is 9.59 Å². The Morgan fingerprint density at radius 2 is 1.64 bits per heavy atom. The molecule has 0 saturated heterocycles. The highest BCUT2D eigenvalue weighted by Gasteiger charge is 2.44. The van der Waals surface area contributed by atoms with Crippen LogP contribution < -0.4 is 4.90 Å². The Bertz CT molecular complexity index is 956. The third kappa shape index (κ3) is 3.19. The molecule has 1 amide bonds. The quantitative estimate of drug-likeness (QED) is 0.721. The molecule has 28 heavy (non-hydrogen) atoms. The summed E-state index contributed by atoms with van der Waals surface area (Å²) in [6, 6.07) is 18.1. The van der Waals surface area contributed by atoms with Crippen molar-refractivity contribution in [1.29, 1.82) is 0 Å². The molecule has 1 aliphatic carbocycles. The molecule has 2 aromatic rings. The van der Waals surface area contributed by atoms with Crippen molar-refractivity contribution in [1.82, 2.24) is 0 Å². The topological polar surface area (TPSA) is 37.4 Å².